The predicted molar refractivity (Wildman–Crippen MR) is 104 cm³/mol. The number of aryl methyl sites for hydroxylation is 2. The molecule has 1 aliphatic heterocycles. The predicted octanol–water partition coefficient (Wildman–Crippen LogP) is 2.60. The van der Waals surface area contributed by atoms with Gasteiger partial charge in [0.05, 0.1) is 12.0 Å². The van der Waals surface area contributed by atoms with Crippen LogP contribution in [0.5, 0.6) is 5.75 Å². The highest BCUT2D eigenvalue weighted by Crippen LogP contribution is 2.28. The first-order valence-electron chi connectivity index (χ1n) is 8.94. The van der Waals surface area contributed by atoms with Gasteiger partial charge in [-0.15, -0.1) is 0 Å². The molecule has 8 heteroatoms. The number of hydrogen-bond donors (Lipinski definition) is 0. The summed E-state index contributed by atoms with van der Waals surface area (Å²) in [5.74, 6) is -0.102. The van der Waals surface area contributed by atoms with Gasteiger partial charge in [-0.1, -0.05) is 6.07 Å². The Morgan fingerprint density at radius 3 is 2.18 bits per heavy atom. The van der Waals surface area contributed by atoms with Crippen LogP contribution < -0.4 is 4.74 Å². The lowest BCUT2D eigenvalue weighted by Gasteiger charge is -2.34. The Bertz CT molecular complexity index is 976. The molecule has 6 nitrogen and oxygen atoms in total. The maximum absolute atomic E-state index is 13.4. The van der Waals surface area contributed by atoms with Crippen molar-refractivity contribution >= 4 is 15.9 Å². The van der Waals surface area contributed by atoms with Gasteiger partial charge in [0.2, 0.25) is 10.0 Å². The summed E-state index contributed by atoms with van der Waals surface area (Å²) in [6.07, 6.45) is 0. The molecule has 0 atom stereocenters. The molecule has 0 saturated carbocycles. The van der Waals surface area contributed by atoms with E-state index in [1.165, 1.54) is 22.5 Å². The third-order valence-corrected chi connectivity index (χ3v) is 6.75. The van der Waals surface area contributed by atoms with E-state index in [9.17, 15) is 17.6 Å². The highest BCUT2D eigenvalue weighted by Gasteiger charge is 2.31. The number of piperazine rings is 1. The minimum atomic E-state index is -3.67. The fourth-order valence-corrected chi connectivity index (χ4v) is 5.06. The molecule has 1 aliphatic rings. The monoisotopic (exact) mass is 406 g/mol. The van der Waals surface area contributed by atoms with Crippen molar-refractivity contribution in [3.63, 3.8) is 0 Å². The van der Waals surface area contributed by atoms with E-state index in [2.05, 4.69) is 0 Å². The zero-order chi connectivity index (χ0) is 20.5. The number of carbonyl (C=O) groups is 1. The normalized spacial score (nSPS) is 15.5. The van der Waals surface area contributed by atoms with Gasteiger partial charge >= 0.3 is 0 Å². The highest BCUT2D eigenvalue weighted by atomic mass is 32.2. The smallest absolute Gasteiger partial charge is 0.254 e. The lowest BCUT2D eigenvalue weighted by atomic mass is 10.1. The average Bonchev–Trinajstić information content (AvgIpc) is 2.67. The molecule has 3 rings (SSSR count). The van der Waals surface area contributed by atoms with Gasteiger partial charge in [-0.25, -0.2) is 12.8 Å². The molecule has 0 unspecified atom stereocenters. The summed E-state index contributed by atoms with van der Waals surface area (Å²) in [4.78, 5) is 14.3. The molecule has 150 valence electrons. The maximum Gasteiger partial charge on any atom is 0.254 e. The van der Waals surface area contributed by atoms with Crippen molar-refractivity contribution in [3.05, 3.63) is 58.9 Å². The molecule has 2 aromatic rings. The van der Waals surface area contributed by atoms with E-state index in [4.69, 9.17) is 4.74 Å². The van der Waals surface area contributed by atoms with Crippen molar-refractivity contribution in [3.8, 4) is 5.75 Å². The second kappa shape index (κ2) is 7.89. The summed E-state index contributed by atoms with van der Waals surface area (Å²) >= 11 is 0. The first kappa shape index (κ1) is 20.3. The van der Waals surface area contributed by atoms with Crippen LogP contribution in [0.15, 0.2) is 41.3 Å². The van der Waals surface area contributed by atoms with Gasteiger partial charge in [0.15, 0.2) is 0 Å². The van der Waals surface area contributed by atoms with E-state index < -0.39 is 15.8 Å². The molecule has 1 saturated heterocycles. The van der Waals surface area contributed by atoms with Crippen LogP contribution in [-0.4, -0.2) is 56.8 Å². The van der Waals surface area contributed by atoms with Crippen molar-refractivity contribution in [1.29, 1.82) is 0 Å². The van der Waals surface area contributed by atoms with Gasteiger partial charge in [0.25, 0.3) is 5.91 Å². The average molecular weight is 406 g/mol. The van der Waals surface area contributed by atoms with Crippen molar-refractivity contribution in [2.75, 3.05) is 33.3 Å². The topological polar surface area (TPSA) is 66.9 Å². The number of hydrogen-bond acceptors (Lipinski definition) is 4. The third-order valence-electron chi connectivity index (χ3n) is 4.87. The molecular formula is C20H23FN2O4S. The second-order valence-electron chi connectivity index (χ2n) is 6.80. The first-order chi connectivity index (χ1) is 13.2. The Kier molecular flexibility index (Phi) is 5.71. The van der Waals surface area contributed by atoms with Gasteiger partial charge in [-0.3, -0.25) is 4.79 Å². The van der Waals surface area contributed by atoms with Crippen LogP contribution in [0.25, 0.3) is 0 Å². The van der Waals surface area contributed by atoms with Gasteiger partial charge < -0.3 is 9.64 Å². The number of carbonyl (C=O) groups excluding carboxylic acids is 1. The second-order valence-corrected chi connectivity index (χ2v) is 8.73. The number of halogens is 1. The minimum absolute atomic E-state index is 0.188. The van der Waals surface area contributed by atoms with Crippen molar-refractivity contribution in [2.45, 2.75) is 18.7 Å². The van der Waals surface area contributed by atoms with E-state index in [1.807, 2.05) is 0 Å². The molecule has 1 fully saturated rings. The molecular weight excluding hydrogens is 383 g/mol. The number of benzene rings is 2. The van der Waals surface area contributed by atoms with E-state index in [-0.39, 0.29) is 42.5 Å². The molecule has 28 heavy (non-hydrogen) atoms. The number of methoxy groups -OCH3 is 1. The number of amides is 1. The Morgan fingerprint density at radius 1 is 1.04 bits per heavy atom. The zero-order valence-corrected chi connectivity index (χ0v) is 16.9. The van der Waals surface area contributed by atoms with Crippen LogP contribution in [0.3, 0.4) is 0 Å². The van der Waals surface area contributed by atoms with Gasteiger partial charge in [0, 0.05) is 31.7 Å². The summed E-state index contributed by atoms with van der Waals surface area (Å²) in [5, 5.41) is 0. The molecule has 0 N–H and O–H groups in total. The van der Waals surface area contributed by atoms with Gasteiger partial charge in [-0.2, -0.15) is 4.31 Å². The minimum Gasteiger partial charge on any atom is -0.496 e. The fourth-order valence-electron chi connectivity index (χ4n) is 3.47. The summed E-state index contributed by atoms with van der Waals surface area (Å²) in [6.45, 7) is 4.49. The molecule has 0 aliphatic carbocycles. The van der Waals surface area contributed by atoms with Crippen molar-refractivity contribution in [2.24, 2.45) is 0 Å². The van der Waals surface area contributed by atoms with Crippen LogP contribution in [0.4, 0.5) is 4.39 Å². The van der Waals surface area contributed by atoms with Gasteiger partial charge in [-0.05, 0) is 55.3 Å². The Balaban J connectivity index is 1.74. The van der Waals surface area contributed by atoms with Crippen LogP contribution in [0.2, 0.25) is 0 Å². The quantitative estimate of drug-likeness (QED) is 0.783. The molecule has 0 radical (unpaired) electrons. The molecule has 2 aromatic carbocycles. The van der Waals surface area contributed by atoms with Gasteiger partial charge in [0.1, 0.15) is 11.6 Å². The Hall–Kier alpha value is -2.45. The largest absolute Gasteiger partial charge is 0.496 e. The SMILES string of the molecule is COc1c(C)cc(S(=O)(=O)N2CCN(C(=O)c3cccc(F)c3)CC2)cc1C. The lowest BCUT2D eigenvalue weighted by molar-refractivity contribution is 0.0697. The molecule has 0 spiro atoms. The zero-order valence-electron chi connectivity index (χ0n) is 16.1. The van der Waals surface area contributed by atoms with Crippen molar-refractivity contribution in [1.82, 2.24) is 9.21 Å². The molecule has 1 amide bonds. The number of nitrogens with zero attached hydrogens (tertiary/aromatic N) is 2. The van der Waals surface area contributed by atoms with Crippen molar-refractivity contribution < 1.29 is 22.3 Å². The van der Waals surface area contributed by atoms with Crippen LogP contribution in [0, 0.1) is 19.7 Å². The van der Waals surface area contributed by atoms with Crippen LogP contribution in [-0.2, 0) is 10.0 Å². The lowest BCUT2D eigenvalue weighted by Crippen LogP contribution is -2.50. The van der Waals surface area contributed by atoms with E-state index in [0.717, 1.165) is 11.1 Å². The summed E-state index contributed by atoms with van der Waals surface area (Å²) in [6, 6.07) is 8.71. The van der Waals surface area contributed by atoms with Crippen LogP contribution in [0.1, 0.15) is 21.5 Å². The van der Waals surface area contributed by atoms with E-state index >= 15 is 0 Å². The fraction of sp³-hybridized carbons (Fsp3) is 0.350. The van der Waals surface area contributed by atoms with Crippen LogP contribution >= 0.6 is 0 Å². The maximum atomic E-state index is 13.4. The third kappa shape index (κ3) is 3.88. The molecule has 0 bridgehead atoms. The van der Waals surface area contributed by atoms with E-state index in [1.54, 1.807) is 44.1 Å². The molecule has 1 heterocycles. The van der Waals surface area contributed by atoms with E-state index in [0.29, 0.717) is 5.75 Å². The summed E-state index contributed by atoms with van der Waals surface area (Å²) < 4.78 is 46.1. The molecule has 0 aromatic heterocycles. The first-order valence-corrected chi connectivity index (χ1v) is 10.4. The summed E-state index contributed by atoms with van der Waals surface area (Å²) in [5.41, 5.74) is 1.76. The number of ether oxygens (including phenoxy) is 1. The Labute approximate surface area is 164 Å². The standard InChI is InChI=1S/C20H23FN2O4S/c1-14-11-18(12-15(2)19(14)27-3)28(25,26)23-9-7-22(8-10-23)20(24)16-5-4-6-17(21)13-16/h4-6,11-13H,7-10H2,1-3H3. The summed E-state index contributed by atoms with van der Waals surface area (Å²) in [7, 11) is -2.12. The Morgan fingerprint density at radius 2 is 1.64 bits per heavy atom. The number of rotatable bonds is 4. The highest BCUT2D eigenvalue weighted by molar-refractivity contribution is 7.89. The number of sulfonamides is 1.